The number of fused-ring (bicyclic) bond motifs is 1. The number of hydrogen-bond acceptors (Lipinski definition) is 5. The van der Waals surface area contributed by atoms with Crippen LogP contribution in [0, 0.1) is 11.6 Å². The van der Waals surface area contributed by atoms with Gasteiger partial charge in [0.05, 0.1) is 15.5 Å². The third kappa shape index (κ3) is 3.54. The third-order valence-electron chi connectivity index (χ3n) is 4.26. The standard InChI is InChI=1S/C17H14ClF2N3OS2/c18-14-2-1-11(25-14)9-15(24)22-3-5-23(6-4-22)17-21-16-12(20)7-10(19)8-13(16)26-17/h1-2,7-8H,3-6,9H2. The molecule has 0 radical (unpaired) electrons. The maximum absolute atomic E-state index is 13.8. The Hall–Kier alpha value is -1.77. The Morgan fingerprint density at radius 1 is 1.15 bits per heavy atom. The van der Waals surface area contributed by atoms with Crippen molar-refractivity contribution in [3.05, 3.63) is 45.1 Å². The Kier molecular flexibility index (Phi) is 4.81. The fourth-order valence-corrected chi connectivity index (χ4v) is 5.07. The van der Waals surface area contributed by atoms with Crippen LogP contribution in [0.1, 0.15) is 4.88 Å². The fourth-order valence-electron chi connectivity index (χ4n) is 2.94. The maximum Gasteiger partial charge on any atom is 0.227 e. The molecule has 4 nitrogen and oxygen atoms in total. The number of carbonyl (C=O) groups excluding carboxylic acids is 1. The first kappa shape index (κ1) is 17.6. The summed E-state index contributed by atoms with van der Waals surface area (Å²) >= 11 is 8.58. The first-order valence-electron chi connectivity index (χ1n) is 8.02. The predicted octanol–water partition coefficient (Wildman–Crippen LogP) is 4.18. The molecule has 136 valence electrons. The molecule has 1 saturated heterocycles. The molecular weight excluding hydrogens is 400 g/mol. The van der Waals surface area contributed by atoms with Gasteiger partial charge in [0.15, 0.2) is 10.9 Å². The number of amides is 1. The minimum Gasteiger partial charge on any atom is -0.345 e. The molecular formula is C17H14ClF2N3OS2. The molecule has 0 saturated carbocycles. The lowest BCUT2D eigenvalue weighted by molar-refractivity contribution is -0.130. The second kappa shape index (κ2) is 7.09. The van der Waals surface area contributed by atoms with Crippen molar-refractivity contribution in [2.75, 3.05) is 31.1 Å². The van der Waals surface area contributed by atoms with Crippen molar-refractivity contribution in [1.82, 2.24) is 9.88 Å². The van der Waals surface area contributed by atoms with Gasteiger partial charge >= 0.3 is 0 Å². The van der Waals surface area contributed by atoms with E-state index in [-0.39, 0.29) is 11.4 Å². The molecule has 4 rings (SSSR count). The van der Waals surface area contributed by atoms with E-state index >= 15 is 0 Å². The zero-order chi connectivity index (χ0) is 18.3. The first-order chi connectivity index (χ1) is 12.5. The number of rotatable bonds is 3. The molecule has 9 heteroatoms. The Balaban J connectivity index is 1.42. The first-order valence-corrected chi connectivity index (χ1v) is 10.0. The molecule has 1 amide bonds. The summed E-state index contributed by atoms with van der Waals surface area (Å²) in [6, 6.07) is 5.81. The largest absolute Gasteiger partial charge is 0.345 e. The van der Waals surface area contributed by atoms with E-state index in [4.69, 9.17) is 11.6 Å². The monoisotopic (exact) mass is 413 g/mol. The summed E-state index contributed by atoms with van der Waals surface area (Å²) in [5, 5.41) is 0.654. The van der Waals surface area contributed by atoms with E-state index in [1.54, 1.807) is 6.07 Å². The topological polar surface area (TPSA) is 36.4 Å². The average molecular weight is 414 g/mol. The van der Waals surface area contributed by atoms with Gasteiger partial charge in [-0.1, -0.05) is 22.9 Å². The number of aromatic nitrogens is 1. The van der Waals surface area contributed by atoms with Crippen LogP contribution < -0.4 is 4.90 Å². The van der Waals surface area contributed by atoms with Gasteiger partial charge in [-0.3, -0.25) is 4.79 Å². The van der Waals surface area contributed by atoms with Crippen molar-refractivity contribution < 1.29 is 13.6 Å². The molecule has 1 fully saturated rings. The molecule has 3 heterocycles. The SMILES string of the molecule is O=C(Cc1ccc(Cl)s1)N1CCN(c2nc3c(F)cc(F)cc3s2)CC1. The maximum atomic E-state index is 13.8. The number of anilines is 1. The van der Waals surface area contributed by atoms with Gasteiger partial charge < -0.3 is 9.80 Å². The van der Waals surface area contributed by atoms with Gasteiger partial charge in [-0.05, 0) is 18.2 Å². The normalized spacial score (nSPS) is 15.0. The van der Waals surface area contributed by atoms with Gasteiger partial charge in [-0.25, -0.2) is 13.8 Å². The number of piperazine rings is 1. The Bertz CT molecular complexity index is 966. The van der Waals surface area contributed by atoms with Crippen LogP contribution in [0.4, 0.5) is 13.9 Å². The lowest BCUT2D eigenvalue weighted by atomic mass is 10.2. The number of nitrogens with zero attached hydrogens (tertiary/aromatic N) is 3. The Morgan fingerprint density at radius 3 is 2.62 bits per heavy atom. The van der Waals surface area contributed by atoms with E-state index in [0.29, 0.717) is 46.8 Å². The highest BCUT2D eigenvalue weighted by Crippen LogP contribution is 2.31. The van der Waals surface area contributed by atoms with Gasteiger partial charge in [-0.2, -0.15) is 0 Å². The summed E-state index contributed by atoms with van der Waals surface area (Å²) in [4.78, 5) is 21.5. The summed E-state index contributed by atoms with van der Waals surface area (Å²) in [6.07, 6.45) is 0.350. The van der Waals surface area contributed by atoms with Gasteiger partial charge in [0.2, 0.25) is 5.91 Å². The van der Waals surface area contributed by atoms with Crippen LogP contribution in [0.2, 0.25) is 4.34 Å². The summed E-state index contributed by atoms with van der Waals surface area (Å²) in [6.45, 7) is 2.37. The van der Waals surface area contributed by atoms with E-state index < -0.39 is 11.6 Å². The highest BCUT2D eigenvalue weighted by Gasteiger charge is 2.24. The highest BCUT2D eigenvalue weighted by atomic mass is 35.5. The predicted molar refractivity (Wildman–Crippen MR) is 101 cm³/mol. The van der Waals surface area contributed by atoms with Crippen LogP contribution in [0.5, 0.6) is 0 Å². The van der Waals surface area contributed by atoms with E-state index in [9.17, 15) is 13.6 Å². The van der Waals surface area contributed by atoms with Gasteiger partial charge in [0.1, 0.15) is 11.3 Å². The molecule has 0 bridgehead atoms. The van der Waals surface area contributed by atoms with Crippen molar-refractivity contribution >= 4 is 55.5 Å². The Morgan fingerprint density at radius 2 is 1.92 bits per heavy atom. The number of hydrogen-bond donors (Lipinski definition) is 0. The van der Waals surface area contributed by atoms with Crippen LogP contribution in [-0.4, -0.2) is 42.0 Å². The van der Waals surface area contributed by atoms with Crippen LogP contribution in [-0.2, 0) is 11.2 Å². The minimum atomic E-state index is -0.647. The quantitative estimate of drug-likeness (QED) is 0.646. The van der Waals surface area contributed by atoms with E-state index in [2.05, 4.69) is 4.98 Å². The third-order valence-corrected chi connectivity index (χ3v) is 6.55. The van der Waals surface area contributed by atoms with Crippen LogP contribution >= 0.6 is 34.3 Å². The molecule has 0 unspecified atom stereocenters. The molecule has 1 aliphatic heterocycles. The Labute approximate surface area is 161 Å². The van der Waals surface area contributed by atoms with Gasteiger partial charge in [0, 0.05) is 37.1 Å². The molecule has 1 aromatic carbocycles. The number of thiazole rings is 1. The summed E-state index contributed by atoms with van der Waals surface area (Å²) < 4.78 is 28.3. The molecule has 26 heavy (non-hydrogen) atoms. The minimum absolute atomic E-state index is 0.0700. The number of halogens is 3. The molecule has 2 aromatic heterocycles. The van der Waals surface area contributed by atoms with E-state index in [1.807, 2.05) is 15.9 Å². The molecule has 0 aliphatic carbocycles. The molecule has 3 aromatic rings. The number of benzene rings is 1. The zero-order valence-corrected chi connectivity index (χ0v) is 15.9. The summed E-state index contributed by atoms with van der Waals surface area (Å²) in [5.74, 6) is -1.18. The van der Waals surface area contributed by atoms with Crippen LogP contribution in [0.15, 0.2) is 24.3 Å². The second-order valence-electron chi connectivity index (χ2n) is 5.98. The average Bonchev–Trinajstić information content (AvgIpc) is 3.21. The fraction of sp³-hybridized carbons (Fsp3) is 0.294. The highest BCUT2D eigenvalue weighted by molar-refractivity contribution is 7.22. The van der Waals surface area contributed by atoms with E-state index in [0.717, 1.165) is 10.9 Å². The lowest BCUT2D eigenvalue weighted by Gasteiger charge is -2.34. The van der Waals surface area contributed by atoms with Crippen molar-refractivity contribution in [3.63, 3.8) is 0 Å². The van der Waals surface area contributed by atoms with Crippen molar-refractivity contribution in [3.8, 4) is 0 Å². The summed E-state index contributed by atoms with van der Waals surface area (Å²) in [7, 11) is 0. The molecule has 0 atom stereocenters. The number of carbonyl (C=O) groups is 1. The number of thiophene rings is 1. The van der Waals surface area contributed by atoms with Gasteiger partial charge in [0.25, 0.3) is 0 Å². The van der Waals surface area contributed by atoms with Crippen LogP contribution in [0.25, 0.3) is 10.2 Å². The van der Waals surface area contributed by atoms with Crippen molar-refractivity contribution in [2.24, 2.45) is 0 Å². The van der Waals surface area contributed by atoms with Crippen LogP contribution in [0.3, 0.4) is 0 Å². The zero-order valence-electron chi connectivity index (χ0n) is 13.5. The lowest BCUT2D eigenvalue weighted by Crippen LogP contribution is -2.49. The molecule has 0 spiro atoms. The smallest absolute Gasteiger partial charge is 0.227 e. The summed E-state index contributed by atoms with van der Waals surface area (Å²) in [5.41, 5.74) is 0.194. The second-order valence-corrected chi connectivity index (χ2v) is 8.79. The molecule has 0 N–H and O–H groups in total. The van der Waals surface area contributed by atoms with Gasteiger partial charge in [-0.15, -0.1) is 11.3 Å². The van der Waals surface area contributed by atoms with Crippen molar-refractivity contribution in [1.29, 1.82) is 0 Å². The van der Waals surface area contributed by atoms with E-state index in [1.165, 1.54) is 28.7 Å². The van der Waals surface area contributed by atoms with Crippen molar-refractivity contribution in [2.45, 2.75) is 6.42 Å². The molecule has 1 aliphatic rings.